The van der Waals surface area contributed by atoms with Crippen molar-refractivity contribution in [3.8, 4) is 0 Å². The number of esters is 1. The first-order valence-electron chi connectivity index (χ1n) is 6.54. The Morgan fingerprint density at radius 1 is 1.38 bits per heavy atom. The first kappa shape index (κ1) is 16.0. The summed E-state index contributed by atoms with van der Waals surface area (Å²) in [6, 6.07) is 4.14. The number of methoxy groups -OCH3 is 1. The van der Waals surface area contributed by atoms with Gasteiger partial charge >= 0.3 is 5.97 Å². The first-order valence-corrected chi connectivity index (χ1v) is 8.22. The highest BCUT2D eigenvalue weighted by Gasteiger charge is 2.09. The molecular weight excluding hydrogens is 352 g/mol. The molecule has 0 amide bonds. The zero-order valence-electron chi connectivity index (χ0n) is 12.2. The molecule has 6 heteroatoms. The fraction of sp³-hybridized carbons (Fsp3) is 0.333. The van der Waals surface area contributed by atoms with Crippen LogP contribution in [0.3, 0.4) is 0 Å². The second kappa shape index (κ2) is 7.04. The zero-order chi connectivity index (χ0) is 15.4. The van der Waals surface area contributed by atoms with Crippen molar-refractivity contribution >= 4 is 44.1 Å². The topological polar surface area (TPSA) is 51.2 Å². The maximum absolute atomic E-state index is 11.1. The Balaban J connectivity index is 2.08. The number of hydrogen-bond donors (Lipinski definition) is 1. The molecule has 21 heavy (non-hydrogen) atoms. The van der Waals surface area contributed by atoms with E-state index in [0.29, 0.717) is 12.8 Å². The summed E-state index contributed by atoms with van der Waals surface area (Å²) in [6.07, 6.45) is 0.958. The quantitative estimate of drug-likeness (QED) is 0.795. The van der Waals surface area contributed by atoms with Crippen LogP contribution in [-0.4, -0.2) is 18.1 Å². The van der Waals surface area contributed by atoms with Gasteiger partial charge in [0.25, 0.3) is 0 Å². The summed E-state index contributed by atoms with van der Waals surface area (Å²) in [4.78, 5) is 15.6. The van der Waals surface area contributed by atoms with Gasteiger partial charge in [0, 0.05) is 22.0 Å². The van der Waals surface area contributed by atoms with Gasteiger partial charge in [0.05, 0.1) is 19.2 Å². The number of benzene rings is 1. The number of carbonyl (C=O) groups is 1. The molecule has 2 rings (SSSR count). The molecule has 1 aromatic carbocycles. The van der Waals surface area contributed by atoms with Crippen LogP contribution >= 0.6 is 27.3 Å². The molecule has 4 nitrogen and oxygen atoms in total. The number of carbonyl (C=O) groups excluding carboxylic acids is 1. The number of nitrogens with one attached hydrogen (secondary N) is 1. The minimum Gasteiger partial charge on any atom is -0.469 e. The summed E-state index contributed by atoms with van der Waals surface area (Å²) in [5, 5.41) is 6.16. The third kappa shape index (κ3) is 4.28. The van der Waals surface area contributed by atoms with Gasteiger partial charge in [-0.25, -0.2) is 4.98 Å². The van der Waals surface area contributed by atoms with E-state index < -0.39 is 0 Å². The van der Waals surface area contributed by atoms with E-state index in [1.807, 2.05) is 5.38 Å². The third-order valence-electron chi connectivity index (χ3n) is 3.09. The van der Waals surface area contributed by atoms with Gasteiger partial charge in [-0.15, -0.1) is 11.3 Å². The third-order valence-corrected chi connectivity index (χ3v) is 4.36. The first-order chi connectivity index (χ1) is 9.99. The summed E-state index contributed by atoms with van der Waals surface area (Å²) in [5.41, 5.74) is 4.30. The molecule has 0 spiro atoms. The molecule has 0 saturated heterocycles. The minimum atomic E-state index is -0.211. The van der Waals surface area contributed by atoms with Crippen molar-refractivity contribution in [3.05, 3.63) is 38.8 Å². The van der Waals surface area contributed by atoms with E-state index in [9.17, 15) is 4.79 Å². The summed E-state index contributed by atoms with van der Waals surface area (Å²) in [7, 11) is 1.40. The van der Waals surface area contributed by atoms with Crippen LogP contribution in [0.25, 0.3) is 0 Å². The molecule has 0 unspecified atom stereocenters. The number of anilines is 2. The number of aromatic nitrogens is 1. The lowest BCUT2D eigenvalue weighted by Gasteiger charge is -2.11. The predicted octanol–water partition coefficient (Wildman–Crippen LogP) is 4.37. The highest BCUT2D eigenvalue weighted by molar-refractivity contribution is 9.10. The molecule has 0 bridgehead atoms. The zero-order valence-corrected chi connectivity index (χ0v) is 14.6. The molecule has 1 N–H and O–H groups in total. The molecule has 0 aliphatic rings. The number of ether oxygens (including phenoxy) is 1. The molecule has 0 radical (unpaired) electrons. The highest BCUT2D eigenvalue weighted by atomic mass is 79.9. The molecule has 1 heterocycles. The van der Waals surface area contributed by atoms with Gasteiger partial charge in [-0.2, -0.15) is 0 Å². The van der Waals surface area contributed by atoms with Crippen molar-refractivity contribution < 1.29 is 9.53 Å². The van der Waals surface area contributed by atoms with Crippen LogP contribution in [0.2, 0.25) is 0 Å². The Bertz CT molecular complexity index is 632. The molecule has 0 aliphatic carbocycles. The van der Waals surface area contributed by atoms with Crippen LogP contribution in [0.4, 0.5) is 10.8 Å². The monoisotopic (exact) mass is 368 g/mol. The van der Waals surface area contributed by atoms with E-state index in [0.717, 1.165) is 32.1 Å². The Morgan fingerprint density at radius 2 is 2.05 bits per heavy atom. The predicted molar refractivity (Wildman–Crippen MR) is 89.3 cm³/mol. The van der Waals surface area contributed by atoms with Crippen LogP contribution in [0.5, 0.6) is 0 Å². The van der Waals surface area contributed by atoms with Gasteiger partial charge in [0.15, 0.2) is 5.13 Å². The molecule has 0 fully saturated rings. The average molecular weight is 369 g/mol. The lowest BCUT2D eigenvalue weighted by atomic mass is 10.1. The summed E-state index contributed by atoms with van der Waals surface area (Å²) >= 11 is 5.03. The van der Waals surface area contributed by atoms with Crippen LogP contribution in [0.1, 0.15) is 23.2 Å². The van der Waals surface area contributed by atoms with Gasteiger partial charge in [-0.05, 0) is 37.1 Å². The van der Waals surface area contributed by atoms with Crippen molar-refractivity contribution in [2.45, 2.75) is 26.7 Å². The summed E-state index contributed by atoms with van der Waals surface area (Å²) in [5.74, 6) is -0.211. The smallest absolute Gasteiger partial charge is 0.305 e. The molecule has 0 aliphatic heterocycles. The molecule has 0 atom stereocenters. The lowest BCUT2D eigenvalue weighted by Crippen LogP contribution is -2.02. The largest absolute Gasteiger partial charge is 0.469 e. The second-order valence-electron chi connectivity index (χ2n) is 4.76. The lowest BCUT2D eigenvalue weighted by molar-refractivity contribution is -0.140. The Morgan fingerprint density at radius 3 is 2.67 bits per heavy atom. The van der Waals surface area contributed by atoms with Gasteiger partial charge in [0.1, 0.15) is 0 Å². The molecule has 1 aromatic heterocycles. The highest BCUT2D eigenvalue weighted by Crippen LogP contribution is 2.29. The molecule has 112 valence electrons. The maximum atomic E-state index is 11.1. The summed E-state index contributed by atoms with van der Waals surface area (Å²) < 4.78 is 5.70. The van der Waals surface area contributed by atoms with Crippen molar-refractivity contribution in [1.82, 2.24) is 4.98 Å². The van der Waals surface area contributed by atoms with Crippen molar-refractivity contribution in [2.75, 3.05) is 12.4 Å². The average Bonchev–Trinajstić information content (AvgIpc) is 2.88. The van der Waals surface area contributed by atoms with Crippen LogP contribution in [0, 0.1) is 13.8 Å². The fourth-order valence-electron chi connectivity index (χ4n) is 2.03. The molecule has 2 aromatic rings. The summed E-state index contributed by atoms with van der Waals surface area (Å²) in [6.45, 7) is 4.12. The number of halogens is 1. The van der Waals surface area contributed by atoms with Crippen molar-refractivity contribution in [1.29, 1.82) is 0 Å². The van der Waals surface area contributed by atoms with Crippen molar-refractivity contribution in [2.24, 2.45) is 0 Å². The van der Waals surface area contributed by atoms with Crippen LogP contribution in [-0.2, 0) is 16.0 Å². The van der Waals surface area contributed by atoms with Gasteiger partial charge in [0.2, 0.25) is 0 Å². The van der Waals surface area contributed by atoms with E-state index in [1.165, 1.54) is 18.4 Å². The van der Waals surface area contributed by atoms with E-state index in [-0.39, 0.29) is 5.97 Å². The number of thiazole rings is 1. The van der Waals surface area contributed by atoms with Crippen LogP contribution < -0.4 is 5.32 Å². The van der Waals surface area contributed by atoms with Gasteiger partial charge < -0.3 is 10.1 Å². The standard InChI is InChI=1S/C15H17BrN2O2S/c1-9-6-11(16)7-10(2)14(9)18-15-17-12(8-21-15)4-5-13(19)20-3/h6-8H,4-5H2,1-3H3,(H,17,18). The Labute approximate surface area is 136 Å². The Kier molecular flexibility index (Phi) is 5.36. The molecule has 0 saturated carbocycles. The van der Waals surface area contributed by atoms with E-state index in [4.69, 9.17) is 0 Å². The molecular formula is C15H17BrN2O2S. The second-order valence-corrected chi connectivity index (χ2v) is 6.53. The van der Waals surface area contributed by atoms with Crippen molar-refractivity contribution in [3.63, 3.8) is 0 Å². The fourth-order valence-corrected chi connectivity index (χ4v) is 3.46. The number of hydrogen-bond acceptors (Lipinski definition) is 5. The van der Waals surface area contributed by atoms with E-state index in [1.54, 1.807) is 0 Å². The number of rotatable bonds is 5. The van der Waals surface area contributed by atoms with Gasteiger partial charge in [-0.1, -0.05) is 15.9 Å². The maximum Gasteiger partial charge on any atom is 0.305 e. The van der Waals surface area contributed by atoms with Crippen LogP contribution in [0.15, 0.2) is 22.0 Å². The SMILES string of the molecule is COC(=O)CCc1csc(Nc2c(C)cc(Br)cc2C)n1. The normalized spacial score (nSPS) is 10.5. The Hall–Kier alpha value is -1.40. The van der Waals surface area contributed by atoms with E-state index >= 15 is 0 Å². The minimum absolute atomic E-state index is 0.211. The number of nitrogens with zero attached hydrogens (tertiary/aromatic N) is 1. The van der Waals surface area contributed by atoms with Gasteiger partial charge in [-0.3, -0.25) is 4.79 Å². The number of aryl methyl sites for hydroxylation is 3. The van der Waals surface area contributed by atoms with E-state index in [2.05, 4.69) is 56.9 Å².